The zero-order valence-electron chi connectivity index (χ0n) is 12.5. The molecule has 2 rings (SSSR count). The van der Waals surface area contributed by atoms with Crippen molar-refractivity contribution in [3.8, 4) is 0 Å². The molecule has 0 atom stereocenters. The molecule has 0 radical (unpaired) electrons. The average molecular weight is 306 g/mol. The van der Waals surface area contributed by atoms with Crippen LogP contribution in [0.3, 0.4) is 0 Å². The molecule has 0 unspecified atom stereocenters. The smallest absolute Gasteiger partial charge is 0.358 e. The molecule has 9 nitrogen and oxygen atoms in total. The highest BCUT2D eigenvalue weighted by molar-refractivity contribution is 5.75. The van der Waals surface area contributed by atoms with Crippen LogP contribution in [0.15, 0.2) is 18.5 Å². The number of carbonyl (C=O) groups is 1. The van der Waals surface area contributed by atoms with Gasteiger partial charge in [-0.05, 0) is 18.8 Å². The van der Waals surface area contributed by atoms with E-state index in [1.54, 1.807) is 0 Å². The van der Waals surface area contributed by atoms with Crippen LogP contribution in [0.4, 0.5) is 5.82 Å². The van der Waals surface area contributed by atoms with Crippen LogP contribution < -0.4 is 5.32 Å². The topological polar surface area (TPSA) is 108 Å². The van der Waals surface area contributed by atoms with Crippen LogP contribution in [-0.4, -0.2) is 30.4 Å². The maximum absolute atomic E-state index is 11.8. The summed E-state index contributed by atoms with van der Waals surface area (Å²) in [7, 11) is 0. The van der Waals surface area contributed by atoms with Crippen molar-refractivity contribution < 1.29 is 9.72 Å². The summed E-state index contributed by atoms with van der Waals surface area (Å²) >= 11 is 0. The Labute approximate surface area is 127 Å². The lowest BCUT2D eigenvalue weighted by molar-refractivity contribution is -0.389. The number of nitrogens with zero attached hydrogens (tertiary/aromatic N) is 5. The molecule has 2 aromatic heterocycles. The molecule has 0 aromatic carbocycles. The van der Waals surface area contributed by atoms with Crippen molar-refractivity contribution in [2.24, 2.45) is 0 Å². The Kier molecular flexibility index (Phi) is 4.87. The molecule has 1 N–H and O–H groups in total. The first-order chi connectivity index (χ1) is 10.5. The lowest BCUT2D eigenvalue weighted by Crippen LogP contribution is -2.24. The molecule has 0 aliphatic heterocycles. The van der Waals surface area contributed by atoms with E-state index in [-0.39, 0.29) is 18.1 Å². The van der Waals surface area contributed by atoms with Crippen LogP contribution in [0.25, 0.3) is 0 Å². The fraction of sp³-hybridized carbons (Fsp3) is 0.462. The van der Waals surface area contributed by atoms with Gasteiger partial charge >= 0.3 is 5.82 Å². The first kappa shape index (κ1) is 15.7. The largest absolute Gasteiger partial charge is 0.389 e. The minimum atomic E-state index is -0.565. The number of nitrogens with one attached hydrogen (secondary N) is 1. The zero-order valence-corrected chi connectivity index (χ0v) is 12.5. The Morgan fingerprint density at radius 1 is 1.41 bits per heavy atom. The van der Waals surface area contributed by atoms with E-state index < -0.39 is 4.92 Å². The number of nitro groups is 1. The second-order valence-corrected chi connectivity index (χ2v) is 4.82. The number of rotatable bonds is 7. The molecule has 0 fully saturated rings. The van der Waals surface area contributed by atoms with Gasteiger partial charge in [0.2, 0.25) is 5.91 Å². The standard InChI is InChI=1S/C13H18N6O3/c1-3-17-9-11(10(2)15-17)8-14-13(20)5-7-18-6-4-12(16-18)19(21)22/h4,6,9H,3,5,7-8H2,1-2H3,(H,14,20). The summed E-state index contributed by atoms with van der Waals surface area (Å²) in [5.74, 6) is -0.357. The van der Waals surface area contributed by atoms with Crippen molar-refractivity contribution in [2.75, 3.05) is 0 Å². The van der Waals surface area contributed by atoms with Gasteiger partial charge in [0.05, 0.1) is 29.6 Å². The van der Waals surface area contributed by atoms with Gasteiger partial charge < -0.3 is 15.4 Å². The lowest BCUT2D eigenvalue weighted by atomic mass is 10.2. The first-order valence-corrected chi connectivity index (χ1v) is 6.97. The monoisotopic (exact) mass is 306 g/mol. The van der Waals surface area contributed by atoms with Crippen molar-refractivity contribution >= 4 is 11.7 Å². The van der Waals surface area contributed by atoms with E-state index >= 15 is 0 Å². The molecule has 22 heavy (non-hydrogen) atoms. The van der Waals surface area contributed by atoms with Gasteiger partial charge in [-0.25, -0.2) is 0 Å². The molecule has 118 valence electrons. The SMILES string of the molecule is CCn1cc(CNC(=O)CCn2ccc([N+](=O)[O-])n2)c(C)n1. The summed E-state index contributed by atoms with van der Waals surface area (Å²) in [6.07, 6.45) is 3.60. The van der Waals surface area contributed by atoms with Crippen LogP contribution in [0.5, 0.6) is 0 Å². The highest BCUT2D eigenvalue weighted by Gasteiger charge is 2.12. The van der Waals surface area contributed by atoms with Gasteiger partial charge in [-0.3, -0.25) is 9.48 Å². The highest BCUT2D eigenvalue weighted by atomic mass is 16.6. The van der Waals surface area contributed by atoms with Crippen molar-refractivity contribution in [1.29, 1.82) is 0 Å². The van der Waals surface area contributed by atoms with E-state index in [0.717, 1.165) is 17.8 Å². The summed E-state index contributed by atoms with van der Waals surface area (Å²) in [6, 6.07) is 1.31. The highest BCUT2D eigenvalue weighted by Crippen LogP contribution is 2.07. The third kappa shape index (κ3) is 3.90. The normalized spacial score (nSPS) is 10.6. The van der Waals surface area contributed by atoms with Gasteiger partial charge in [0.25, 0.3) is 0 Å². The minimum absolute atomic E-state index is 0.137. The fourth-order valence-electron chi connectivity index (χ4n) is 1.97. The Balaban J connectivity index is 1.80. The summed E-state index contributed by atoms with van der Waals surface area (Å²) < 4.78 is 3.21. The zero-order chi connectivity index (χ0) is 16.1. The van der Waals surface area contributed by atoms with Gasteiger partial charge in [0.1, 0.15) is 0 Å². The van der Waals surface area contributed by atoms with Crippen LogP contribution in [-0.2, 0) is 24.4 Å². The van der Waals surface area contributed by atoms with Gasteiger partial charge in [-0.1, -0.05) is 0 Å². The average Bonchev–Trinajstić information content (AvgIpc) is 3.09. The second kappa shape index (κ2) is 6.83. The van der Waals surface area contributed by atoms with Crippen molar-refractivity contribution in [3.05, 3.63) is 39.8 Å². The Morgan fingerprint density at radius 2 is 2.18 bits per heavy atom. The van der Waals surface area contributed by atoms with Crippen LogP contribution in [0.2, 0.25) is 0 Å². The third-order valence-electron chi connectivity index (χ3n) is 3.23. The van der Waals surface area contributed by atoms with E-state index in [1.807, 2.05) is 24.7 Å². The summed E-state index contributed by atoms with van der Waals surface area (Å²) in [4.78, 5) is 21.8. The van der Waals surface area contributed by atoms with Gasteiger partial charge in [-0.15, -0.1) is 0 Å². The second-order valence-electron chi connectivity index (χ2n) is 4.82. The van der Waals surface area contributed by atoms with E-state index in [1.165, 1.54) is 16.9 Å². The summed E-state index contributed by atoms with van der Waals surface area (Å²) in [5, 5.41) is 21.4. The van der Waals surface area contributed by atoms with Gasteiger partial charge in [-0.2, -0.15) is 9.78 Å². The molecule has 0 saturated carbocycles. The lowest BCUT2D eigenvalue weighted by Gasteiger charge is -2.03. The quantitative estimate of drug-likeness (QED) is 0.607. The number of carbonyl (C=O) groups excluding carboxylic acids is 1. The predicted molar refractivity (Wildman–Crippen MR) is 78.0 cm³/mol. The molecule has 1 amide bonds. The molecule has 2 aromatic rings. The van der Waals surface area contributed by atoms with Crippen LogP contribution in [0, 0.1) is 17.0 Å². The number of aryl methyl sites for hydroxylation is 3. The van der Waals surface area contributed by atoms with E-state index in [4.69, 9.17) is 0 Å². The van der Waals surface area contributed by atoms with Gasteiger partial charge in [0.15, 0.2) is 0 Å². The molecular formula is C13H18N6O3. The summed E-state index contributed by atoms with van der Waals surface area (Å²) in [5.41, 5.74) is 1.87. The van der Waals surface area contributed by atoms with E-state index in [9.17, 15) is 14.9 Å². The molecule has 2 heterocycles. The van der Waals surface area contributed by atoms with Gasteiger partial charge in [0, 0.05) is 31.3 Å². The third-order valence-corrected chi connectivity index (χ3v) is 3.23. The summed E-state index contributed by atoms with van der Waals surface area (Å²) in [6.45, 7) is 5.40. The molecule has 0 aliphatic carbocycles. The first-order valence-electron chi connectivity index (χ1n) is 6.97. The fourth-order valence-corrected chi connectivity index (χ4v) is 1.97. The maximum Gasteiger partial charge on any atom is 0.389 e. The Morgan fingerprint density at radius 3 is 2.77 bits per heavy atom. The van der Waals surface area contributed by atoms with Crippen molar-refractivity contribution in [3.63, 3.8) is 0 Å². The predicted octanol–water partition coefficient (Wildman–Crippen LogP) is 1.02. The van der Waals surface area contributed by atoms with E-state index in [2.05, 4.69) is 15.5 Å². The molecule has 0 bridgehead atoms. The molecule has 9 heteroatoms. The maximum atomic E-state index is 11.8. The van der Waals surface area contributed by atoms with E-state index in [0.29, 0.717) is 13.1 Å². The molecule has 0 spiro atoms. The number of aromatic nitrogens is 4. The number of hydrogen-bond donors (Lipinski definition) is 1. The number of hydrogen-bond acceptors (Lipinski definition) is 5. The van der Waals surface area contributed by atoms with Crippen LogP contribution >= 0.6 is 0 Å². The molecule has 0 aliphatic rings. The molecular weight excluding hydrogens is 288 g/mol. The van der Waals surface area contributed by atoms with Crippen LogP contribution in [0.1, 0.15) is 24.6 Å². The van der Waals surface area contributed by atoms with Crippen molar-refractivity contribution in [2.45, 2.75) is 39.9 Å². The number of amides is 1. The molecule has 0 saturated heterocycles. The Bertz CT molecular complexity index is 675. The van der Waals surface area contributed by atoms with Crippen molar-refractivity contribution in [1.82, 2.24) is 24.9 Å². The Hall–Kier alpha value is -2.71. The minimum Gasteiger partial charge on any atom is -0.358 e.